The molecule has 0 fully saturated rings. The van der Waals surface area contributed by atoms with Gasteiger partial charge >= 0.3 is 5.97 Å². The number of hydrogen-bond acceptors (Lipinski definition) is 5. The predicted molar refractivity (Wildman–Crippen MR) is 55.2 cm³/mol. The first-order valence-electron chi connectivity index (χ1n) is 4.67. The second kappa shape index (κ2) is 11.7. The highest BCUT2D eigenvalue weighted by Crippen LogP contribution is 1.85. The lowest BCUT2D eigenvalue weighted by Gasteiger charge is -2.05. The van der Waals surface area contributed by atoms with Crippen molar-refractivity contribution in [2.45, 2.75) is 0 Å². The summed E-state index contributed by atoms with van der Waals surface area (Å²) in [4.78, 5) is 10.9. The third-order valence-corrected chi connectivity index (χ3v) is 1.52. The highest BCUT2D eigenvalue weighted by molar-refractivity contribution is 6.18. The van der Waals surface area contributed by atoms with Crippen LogP contribution in [0.4, 0.5) is 0 Å². The molecule has 5 nitrogen and oxygen atoms in total. The van der Waals surface area contributed by atoms with Crippen molar-refractivity contribution in [3.8, 4) is 0 Å². The molecule has 0 atom stereocenters. The zero-order valence-electron chi connectivity index (χ0n) is 8.87. The Labute approximate surface area is 94.6 Å². The van der Waals surface area contributed by atoms with Crippen molar-refractivity contribution >= 4 is 17.6 Å². The van der Waals surface area contributed by atoms with E-state index in [1.54, 1.807) is 7.11 Å². The molecule has 0 radical (unpaired) electrons. The van der Waals surface area contributed by atoms with Crippen LogP contribution in [0.25, 0.3) is 0 Å². The van der Waals surface area contributed by atoms with Crippen molar-refractivity contribution in [2.24, 2.45) is 0 Å². The lowest BCUT2D eigenvalue weighted by Crippen LogP contribution is -2.16. The molecule has 90 valence electrons. The van der Waals surface area contributed by atoms with Gasteiger partial charge in [0.1, 0.15) is 13.2 Å². The molecule has 0 aliphatic rings. The minimum atomic E-state index is -0.410. The number of halogens is 1. The quantitative estimate of drug-likeness (QED) is 0.315. The Morgan fingerprint density at radius 2 is 1.73 bits per heavy atom. The second-order valence-corrected chi connectivity index (χ2v) is 2.95. The summed E-state index contributed by atoms with van der Waals surface area (Å²) in [7, 11) is 1.60. The molecular weight excluding hydrogens is 224 g/mol. The van der Waals surface area contributed by atoms with Crippen LogP contribution in [0.15, 0.2) is 0 Å². The van der Waals surface area contributed by atoms with Crippen LogP contribution in [0, 0.1) is 0 Å². The van der Waals surface area contributed by atoms with E-state index in [0.29, 0.717) is 32.3 Å². The standard InChI is InChI=1S/C9H17ClO5/c1-12-4-5-13-6-7-14-8-9(11)15-3-2-10/h2-8H2,1H3. The van der Waals surface area contributed by atoms with E-state index in [0.717, 1.165) is 0 Å². The maximum absolute atomic E-state index is 10.9. The molecule has 0 N–H and O–H groups in total. The summed E-state index contributed by atoms with van der Waals surface area (Å²) >= 11 is 5.33. The Morgan fingerprint density at radius 1 is 1.07 bits per heavy atom. The fourth-order valence-corrected chi connectivity index (χ4v) is 0.789. The maximum atomic E-state index is 10.9. The van der Waals surface area contributed by atoms with Gasteiger partial charge in [0.15, 0.2) is 0 Å². The molecule has 0 aromatic rings. The van der Waals surface area contributed by atoms with Crippen LogP contribution < -0.4 is 0 Å². The number of carbonyl (C=O) groups excluding carboxylic acids is 1. The van der Waals surface area contributed by atoms with Gasteiger partial charge in [0.25, 0.3) is 0 Å². The first-order valence-corrected chi connectivity index (χ1v) is 5.20. The minimum absolute atomic E-state index is 0.0650. The van der Waals surface area contributed by atoms with Gasteiger partial charge in [-0.05, 0) is 0 Å². The van der Waals surface area contributed by atoms with E-state index in [9.17, 15) is 4.79 Å². The van der Waals surface area contributed by atoms with Gasteiger partial charge in [-0.1, -0.05) is 0 Å². The highest BCUT2D eigenvalue weighted by Gasteiger charge is 2.01. The van der Waals surface area contributed by atoms with Crippen LogP contribution >= 0.6 is 11.6 Å². The molecule has 0 aliphatic carbocycles. The Kier molecular flexibility index (Phi) is 11.4. The molecule has 0 saturated heterocycles. The molecule has 0 aliphatic heterocycles. The molecule has 6 heteroatoms. The van der Waals surface area contributed by atoms with Crippen molar-refractivity contribution in [1.82, 2.24) is 0 Å². The summed E-state index contributed by atoms with van der Waals surface area (Å²) in [5, 5.41) is 0. The van der Waals surface area contributed by atoms with Gasteiger partial charge in [-0.15, -0.1) is 11.6 Å². The SMILES string of the molecule is COCCOCCOCC(=O)OCCCl. The van der Waals surface area contributed by atoms with Crippen LogP contribution in [0.1, 0.15) is 0 Å². The molecule has 0 amide bonds. The van der Waals surface area contributed by atoms with Crippen molar-refractivity contribution in [2.75, 3.05) is 52.6 Å². The Morgan fingerprint density at radius 3 is 2.40 bits per heavy atom. The van der Waals surface area contributed by atoms with Crippen molar-refractivity contribution in [3.05, 3.63) is 0 Å². The molecule has 0 aromatic heterocycles. The monoisotopic (exact) mass is 240 g/mol. The summed E-state index contributed by atoms with van der Waals surface area (Å²) in [6.07, 6.45) is 0. The molecule has 0 spiro atoms. The third-order valence-electron chi connectivity index (χ3n) is 1.36. The van der Waals surface area contributed by atoms with E-state index in [4.69, 9.17) is 25.8 Å². The van der Waals surface area contributed by atoms with Gasteiger partial charge in [0.2, 0.25) is 0 Å². The minimum Gasteiger partial charge on any atom is -0.463 e. The van der Waals surface area contributed by atoms with Crippen LogP contribution in [0.5, 0.6) is 0 Å². The average Bonchev–Trinajstić information content (AvgIpc) is 2.25. The highest BCUT2D eigenvalue weighted by atomic mass is 35.5. The summed E-state index contributed by atoms with van der Waals surface area (Å²) < 4.78 is 19.6. The topological polar surface area (TPSA) is 54.0 Å². The van der Waals surface area contributed by atoms with Crippen LogP contribution in [-0.2, 0) is 23.7 Å². The lowest BCUT2D eigenvalue weighted by molar-refractivity contribution is -0.148. The second-order valence-electron chi connectivity index (χ2n) is 2.57. The van der Waals surface area contributed by atoms with E-state index >= 15 is 0 Å². The molecule has 0 saturated carbocycles. The van der Waals surface area contributed by atoms with Crippen LogP contribution in [0.2, 0.25) is 0 Å². The molecule has 0 heterocycles. The molecule has 0 rings (SSSR count). The zero-order valence-corrected chi connectivity index (χ0v) is 9.62. The van der Waals surface area contributed by atoms with Crippen LogP contribution in [0.3, 0.4) is 0 Å². The number of methoxy groups -OCH3 is 1. The van der Waals surface area contributed by atoms with Gasteiger partial charge in [0, 0.05) is 7.11 Å². The molecule has 0 aromatic carbocycles. The van der Waals surface area contributed by atoms with Crippen molar-refractivity contribution < 1.29 is 23.7 Å². The Bertz CT molecular complexity index is 153. The molecular formula is C9H17ClO5. The van der Waals surface area contributed by atoms with Crippen LogP contribution in [-0.4, -0.2) is 58.6 Å². The fraction of sp³-hybridized carbons (Fsp3) is 0.889. The summed E-state index contributed by atoms with van der Waals surface area (Å²) in [5.41, 5.74) is 0. The normalized spacial score (nSPS) is 10.3. The summed E-state index contributed by atoms with van der Waals surface area (Å²) in [5.74, 6) is -0.112. The van der Waals surface area contributed by atoms with E-state index in [2.05, 4.69) is 4.74 Å². The third kappa shape index (κ3) is 11.6. The van der Waals surface area contributed by atoms with E-state index in [1.807, 2.05) is 0 Å². The van der Waals surface area contributed by atoms with Gasteiger partial charge < -0.3 is 18.9 Å². The number of esters is 1. The van der Waals surface area contributed by atoms with Gasteiger partial charge in [-0.25, -0.2) is 4.79 Å². The van der Waals surface area contributed by atoms with Crippen molar-refractivity contribution in [3.63, 3.8) is 0 Å². The number of rotatable bonds is 10. The first-order chi connectivity index (χ1) is 7.31. The number of hydrogen-bond donors (Lipinski definition) is 0. The maximum Gasteiger partial charge on any atom is 0.332 e. The fourth-order valence-electron chi connectivity index (χ4n) is 0.712. The predicted octanol–water partition coefficient (Wildman–Crippen LogP) is 0.448. The van der Waals surface area contributed by atoms with Crippen molar-refractivity contribution in [1.29, 1.82) is 0 Å². The average molecular weight is 241 g/mol. The smallest absolute Gasteiger partial charge is 0.332 e. The van der Waals surface area contributed by atoms with E-state index in [1.165, 1.54) is 0 Å². The first kappa shape index (κ1) is 14.6. The lowest BCUT2D eigenvalue weighted by atomic mass is 10.7. The van der Waals surface area contributed by atoms with E-state index in [-0.39, 0.29) is 13.2 Å². The van der Waals surface area contributed by atoms with Gasteiger partial charge in [-0.3, -0.25) is 0 Å². The van der Waals surface area contributed by atoms with Gasteiger partial charge in [-0.2, -0.15) is 0 Å². The number of alkyl halides is 1. The summed E-state index contributed by atoms with van der Waals surface area (Å²) in [6, 6.07) is 0. The summed E-state index contributed by atoms with van der Waals surface area (Å²) in [6.45, 7) is 2.03. The van der Waals surface area contributed by atoms with Gasteiger partial charge in [0.05, 0.1) is 32.3 Å². The zero-order chi connectivity index (χ0) is 11.4. The molecule has 15 heavy (non-hydrogen) atoms. The molecule has 0 unspecified atom stereocenters. The molecule has 0 bridgehead atoms. The largest absolute Gasteiger partial charge is 0.463 e. The van der Waals surface area contributed by atoms with E-state index < -0.39 is 5.97 Å². The Balaban J connectivity index is 3.06. The number of carbonyl (C=O) groups is 1. The Hall–Kier alpha value is -0.360. The number of ether oxygens (including phenoxy) is 4.